The standard InChI is InChI=1S/C22H22O5/c1-4-25-18-8-6-16(7-9-18)22(24)15(3)27-21(23)12-17-13-26-20-11-14(2)5-10-19(17)20/h5-11,13,15H,4,12H2,1-3H3/t15-/m0/s1. The molecule has 1 atom stereocenters. The first-order chi connectivity index (χ1) is 13.0. The van der Waals surface area contributed by atoms with Crippen molar-refractivity contribution in [3.8, 4) is 5.75 Å². The molecule has 3 rings (SSSR count). The van der Waals surface area contributed by atoms with Gasteiger partial charge < -0.3 is 13.9 Å². The molecule has 2 aromatic carbocycles. The van der Waals surface area contributed by atoms with Crippen LogP contribution in [0, 0.1) is 6.92 Å². The minimum atomic E-state index is -0.865. The number of furan rings is 1. The van der Waals surface area contributed by atoms with Crippen molar-refractivity contribution in [3.63, 3.8) is 0 Å². The molecule has 27 heavy (non-hydrogen) atoms. The van der Waals surface area contributed by atoms with Crippen molar-refractivity contribution in [2.24, 2.45) is 0 Å². The first kappa shape index (κ1) is 18.7. The Labute approximate surface area is 157 Å². The van der Waals surface area contributed by atoms with Gasteiger partial charge in [0.1, 0.15) is 11.3 Å². The number of carbonyl (C=O) groups is 2. The number of ketones is 1. The van der Waals surface area contributed by atoms with E-state index in [-0.39, 0.29) is 12.2 Å². The Morgan fingerprint density at radius 3 is 2.56 bits per heavy atom. The highest BCUT2D eigenvalue weighted by Crippen LogP contribution is 2.23. The highest BCUT2D eigenvalue weighted by Gasteiger charge is 2.21. The topological polar surface area (TPSA) is 65.7 Å². The van der Waals surface area contributed by atoms with Gasteiger partial charge in [0.05, 0.1) is 19.3 Å². The second-order valence-corrected chi connectivity index (χ2v) is 6.39. The summed E-state index contributed by atoms with van der Waals surface area (Å²) in [7, 11) is 0. The molecule has 5 heteroatoms. The zero-order valence-corrected chi connectivity index (χ0v) is 15.7. The third kappa shape index (κ3) is 4.37. The fourth-order valence-corrected chi connectivity index (χ4v) is 2.89. The monoisotopic (exact) mass is 366 g/mol. The van der Waals surface area contributed by atoms with Crippen LogP contribution in [0.15, 0.2) is 53.1 Å². The molecular formula is C22H22O5. The van der Waals surface area contributed by atoms with E-state index < -0.39 is 12.1 Å². The van der Waals surface area contributed by atoms with Crippen molar-refractivity contribution in [3.05, 3.63) is 65.4 Å². The van der Waals surface area contributed by atoms with Crippen molar-refractivity contribution in [1.29, 1.82) is 0 Å². The number of fused-ring (bicyclic) bond motifs is 1. The van der Waals surface area contributed by atoms with E-state index in [1.807, 2.05) is 32.0 Å². The SMILES string of the molecule is CCOc1ccc(C(=O)[C@H](C)OC(=O)Cc2coc3cc(C)ccc23)cc1. The molecular weight excluding hydrogens is 344 g/mol. The summed E-state index contributed by atoms with van der Waals surface area (Å²) in [6.07, 6.45) is 0.747. The lowest BCUT2D eigenvalue weighted by Gasteiger charge is -2.12. The molecule has 0 bridgehead atoms. The smallest absolute Gasteiger partial charge is 0.311 e. The van der Waals surface area contributed by atoms with E-state index in [2.05, 4.69) is 0 Å². The largest absolute Gasteiger partial charge is 0.494 e. The number of esters is 1. The Morgan fingerprint density at radius 1 is 1.11 bits per heavy atom. The number of ether oxygens (including phenoxy) is 2. The number of benzene rings is 2. The summed E-state index contributed by atoms with van der Waals surface area (Å²) >= 11 is 0. The Bertz CT molecular complexity index is 952. The maximum Gasteiger partial charge on any atom is 0.311 e. The van der Waals surface area contributed by atoms with Gasteiger partial charge >= 0.3 is 5.97 Å². The Balaban J connectivity index is 1.63. The van der Waals surface area contributed by atoms with Crippen LogP contribution in [0.25, 0.3) is 11.0 Å². The van der Waals surface area contributed by atoms with Gasteiger partial charge in [-0.15, -0.1) is 0 Å². The molecule has 0 radical (unpaired) electrons. The van der Waals surface area contributed by atoms with E-state index in [0.717, 1.165) is 22.1 Å². The van der Waals surface area contributed by atoms with Crippen molar-refractivity contribution in [2.75, 3.05) is 6.61 Å². The lowest BCUT2D eigenvalue weighted by Crippen LogP contribution is -2.25. The van der Waals surface area contributed by atoms with Crippen molar-refractivity contribution in [1.82, 2.24) is 0 Å². The van der Waals surface area contributed by atoms with Gasteiger partial charge in [-0.25, -0.2) is 0 Å². The molecule has 0 aliphatic rings. The average Bonchev–Trinajstić information content (AvgIpc) is 3.03. The highest BCUT2D eigenvalue weighted by atomic mass is 16.5. The Morgan fingerprint density at radius 2 is 1.85 bits per heavy atom. The highest BCUT2D eigenvalue weighted by molar-refractivity contribution is 6.00. The summed E-state index contributed by atoms with van der Waals surface area (Å²) in [6, 6.07) is 12.6. The van der Waals surface area contributed by atoms with Gasteiger partial charge in [0.15, 0.2) is 6.10 Å². The molecule has 0 aliphatic carbocycles. The normalized spacial score (nSPS) is 12.0. The van der Waals surface area contributed by atoms with E-state index in [1.54, 1.807) is 37.5 Å². The van der Waals surface area contributed by atoms with Crippen LogP contribution in [0.3, 0.4) is 0 Å². The fourth-order valence-electron chi connectivity index (χ4n) is 2.89. The second-order valence-electron chi connectivity index (χ2n) is 6.39. The van der Waals surface area contributed by atoms with E-state index in [0.29, 0.717) is 17.9 Å². The zero-order valence-electron chi connectivity index (χ0n) is 15.7. The van der Waals surface area contributed by atoms with Crippen LogP contribution in [0.4, 0.5) is 0 Å². The molecule has 1 heterocycles. The average molecular weight is 366 g/mol. The maximum atomic E-state index is 12.5. The van der Waals surface area contributed by atoms with Crippen LogP contribution in [-0.2, 0) is 16.0 Å². The predicted molar refractivity (Wildman–Crippen MR) is 102 cm³/mol. The first-order valence-corrected chi connectivity index (χ1v) is 8.91. The lowest BCUT2D eigenvalue weighted by molar-refractivity contribution is -0.145. The molecule has 1 aromatic heterocycles. The van der Waals surface area contributed by atoms with Crippen LogP contribution in [0.2, 0.25) is 0 Å². The molecule has 0 unspecified atom stereocenters. The number of hydrogen-bond acceptors (Lipinski definition) is 5. The van der Waals surface area contributed by atoms with Crippen LogP contribution in [0.1, 0.15) is 35.3 Å². The molecule has 0 fully saturated rings. The molecule has 0 N–H and O–H groups in total. The van der Waals surface area contributed by atoms with Crippen molar-refractivity contribution in [2.45, 2.75) is 33.3 Å². The molecule has 0 saturated carbocycles. The van der Waals surface area contributed by atoms with Crippen LogP contribution in [0.5, 0.6) is 5.75 Å². The summed E-state index contributed by atoms with van der Waals surface area (Å²) in [5, 5.41) is 0.878. The minimum absolute atomic E-state index is 0.0525. The summed E-state index contributed by atoms with van der Waals surface area (Å²) in [6.45, 7) is 6.01. The number of hydrogen-bond donors (Lipinski definition) is 0. The first-order valence-electron chi connectivity index (χ1n) is 8.91. The molecule has 5 nitrogen and oxygen atoms in total. The number of aryl methyl sites for hydroxylation is 1. The molecule has 0 saturated heterocycles. The van der Waals surface area contributed by atoms with Gasteiger partial charge in [0, 0.05) is 16.5 Å². The third-order valence-electron chi connectivity index (χ3n) is 4.27. The summed E-state index contributed by atoms with van der Waals surface area (Å²) in [5.74, 6) is -0.0232. The van der Waals surface area contributed by atoms with E-state index in [1.165, 1.54) is 0 Å². The van der Waals surface area contributed by atoms with Crippen LogP contribution >= 0.6 is 0 Å². The molecule has 0 amide bonds. The second kappa shape index (κ2) is 8.08. The van der Waals surface area contributed by atoms with Gasteiger partial charge in [-0.3, -0.25) is 9.59 Å². The van der Waals surface area contributed by atoms with Gasteiger partial charge in [0.2, 0.25) is 5.78 Å². The number of rotatable bonds is 7. The van der Waals surface area contributed by atoms with Gasteiger partial charge in [0.25, 0.3) is 0 Å². The summed E-state index contributed by atoms with van der Waals surface area (Å²) in [4.78, 5) is 24.7. The lowest BCUT2D eigenvalue weighted by atomic mass is 10.1. The molecule has 3 aromatic rings. The van der Waals surface area contributed by atoms with E-state index >= 15 is 0 Å². The third-order valence-corrected chi connectivity index (χ3v) is 4.27. The molecule has 0 spiro atoms. The van der Waals surface area contributed by atoms with Gasteiger partial charge in [-0.05, 0) is 56.7 Å². The van der Waals surface area contributed by atoms with Crippen LogP contribution < -0.4 is 4.74 Å². The van der Waals surface area contributed by atoms with Crippen molar-refractivity contribution >= 4 is 22.7 Å². The number of Topliss-reactive ketones (excluding diaryl/α,β-unsaturated/α-hetero) is 1. The van der Waals surface area contributed by atoms with Crippen LogP contribution in [-0.4, -0.2) is 24.5 Å². The molecule has 140 valence electrons. The summed E-state index contributed by atoms with van der Waals surface area (Å²) < 4.78 is 16.2. The zero-order chi connectivity index (χ0) is 19.4. The predicted octanol–water partition coefficient (Wildman–Crippen LogP) is 4.50. The Kier molecular flexibility index (Phi) is 5.60. The minimum Gasteiger partial charge on any atom is -0.494 e. The van der Waals surface area contributed by atoms with Gasteiger partial charge in [-0.2, -0.15) is 0 Å². The van der Waals surface area contributed by atoms with Crippen molar-refractivity contribution < 1.29 is 23.5 Å². The summed E-state index contributed by atoms with van der Waals surface area (Å²) in [5.41, 5.74) is 3.04. The van der Waals surface area contributed by atoms with E-state index in [9.17, 15) is 9.59 Å². The van der Waals surface area contributed by atoms with E-state index in [4.69, 9.17) is 13.9 Å². The molecule has 0 aliphatic heterocycles. The maximum absolute atomic E-state index is 12.5. The quantitative estimate of drug-likeness (QED) is 0.455. The fraction of sp³-hybridized carbons (Fsp3) is 0.273. The van der Waals surface area contributed by atoms with Gasteiger partial charge in [-0.1, -0.05) is 12.1 Å². The Hall–Kier alpha value is -3.08. The number of carbonyl (C=O) groups excluding carboxylic acids is 2.